The highest BCUT2D eigenvalue weighted by atomic mass is 35.5. The number of morpholine rings is 1. The summed E-state index contributed by atoms with van der Waals surface area (Å²) >= 11 is 5.96. The molecule has 0 aromatic heterocycles. The van der Waals surface area contributed by atoms with Crippen LogP contribution in [0.1, 0.15) is 5.56 Å². The van der Waals surface area contributed by atoms with Gasteiger partial charge >= 0.3 is 0 Å². The lowest BCUT2D eigenvalue weighted by atomic mass is 10.2. The van der Waals surface area contributed by atoms with Crippen LogP contribution < -0.4 is 0 Å². The van der Waals surface area contributed by atoms with Crippen LogP contribution in [0.5, 0.6) is 0 Å². The molecule has 0 radical (unpaired) electrons. The molecule has 1 fully saturated rings. The van der Waals surface area contributed by atoms with Crippen LogP contribution in [0.2, 0.25) is 5.02 Å². The number of nitrogens with zero attached hydrogens (tertiary/aromatic N) is 2. The molecule has 0 saturated carbocycles. The van der Waals surface area contributed by atoms with Gasteiger partial charge in [0.2, 0.25) is 0 Å². The Labute approximate surface area is 104 Å². The summed E-state index contributed by atoms with van der Waals surface area (Å²) in [4.78, 5) is 2.08. The summed E-state index contributed by atoms with van der Waals surface area (Å²) in [6.07, 6.45) is -0.386. The zero-order chi connectivity index (χ0) is 12.3. The Bertz CT molecular complexity index is 447. The van der Waals surface area contributed by atoms with Gasteiger partial charge in [-0.3, -0.25) is 4.90 Å². The van der Waals surface area contributed by atoms with Crippen LogP contribution in [-0.2, 0) is 11.3 Å². The fourth-order valence-corrected chi connectivity index (χ4v) is 2.04. The van der Waals surface area contributed by atoms with Gasteiger partial charge in [-0.25, -0.2) is 4.39 Å². The van der Waals surface area contributed by atoms with E-state index in [0.717, 1.165) is 12.1 Å². The molecule has 0 N–H and O–H groups in total. The van der Waals surface area contributed by atoms with Gasteiger partial charge in [-0.05, 0) is 17.7 Å². The van der Waals surface area contributed by atoms with E-state index >= 15 is 0 Å². The van der Waals surface area contributed by atoms with Crippen molar-refractivity contribution < 1.29 is 9.13 Å². The summed E-state index contributed by atoms with van der Waals surface area (Å²) in [5.41, 5.74) is 0.867. The van der Waals surface area contributed by atoms with E-state index in [-0.39, 0.29) is 11.9 Å². The van der Waals surface area contributed by atoms with Gasteiger partial charge in [-0.2, -0.15) is 5.26 Å². The average Bonchev–Trinajstić information content (AvgIpc) is 2.33. The Morgan fingerprint density at radius 2 is 2.41 bits per heavy atom. The Morgan fingerprint density at radius 1 is 1.59 bits per heavy atom. The van der Waals surface area contributed by atoms with Crippen LogP contribution in [-0.4, -0.2) is 30.7 Å². The van der Waals surface area contributed by atoms with Crippen molar-refractivity contribution in [2.45, 2.75) is 12.6 Å². The van der Waals surface area contributed by atoms with E-state index < -0.39 is 0 Å². The smallest absolute Gasteiger partial charge is 0.156 e. The van der Waals surface area contributed by atoms with Crippen LogP contribution in [0.3, 0.4) is 0 Å². The molecular weight excluding hydrogens is 243 g/mol. The normalized spacial score (nSPS) is 21.1. The number of hydrogen-bond acceptors (Lipinski definition) is 3. The summed E-state index contributed by atoms with van der Waals surface area (Å²) in [7, 11) is 0. The van der Waals surface area contributed by atoms with Crippen molar-refractivity contribution in [1.82, 2.24) is 4.90 Å². The molecule has 1 unspecified atom stereocenters. The summed E-state index contributed by atoms with van der Waals surface area (Å²) in [5, 5.41) is 9.21. The van der Waals surface area contributed by atoms with Crippen molar-refractivity contribution in [3.05, 3.63) is 34.6 Å². The van der Waals surface area contributed by atoms with Crippen molar-refractivity contribution in [3.63, 3.8) is 0 Å². The van der Waals surface area contributed by atoms with Crippen LogP contribution in [0.25, 0.3) is 0 Å². The second kappa shape index (κ2) is 5.46. The van der Waals surface area contributed by atoms with E-state index in [4.69, 9.17) is 21.6 Å². The van der Waals surface area contributed by atoms with Gasteiger partial charge in [-0.1, -0.05) is 17.7 Å². The number of hydrogen-bond donors (Lipinski definition) is 0. The Kier molecular flexibility index (Phi) is 3.95. The van der Waals surface area contributed by atoms with E-state index in [0.29, 0.717) is 24.7 Å². The highest BCUT2D eigenvalue weighted by Gasteiger charge is 2.20. The van der Waals surface area contributed by atoms with E-state index in [1.165, 1.54) is 12.1 Å². The molecule has 1 aromatic rings. The summed E-state index contributed by atoms with van der Waals surface area (Å²) < 4.78 is 18.1. The average molecular weight is 255 g/mol. The second-order valence-corrected chi connectivity index (χ2v) is 4.37. The topological polar surface area (TPSA) is 36.3 Å². The standard InChI is InChI=1S/C12H12ClFN2O/c13-12-5-10(14)2-1-9(12)7-16-3-4-17-11(6-15)8-16/h1-2,5,11H,3-4,7-8H2. The molecule has 90 valence electrons. The molecule has 0 amide bonds. The number of rotatable bonds is 2. The number of benzene rings is 1. The minimum atomic E-state index is -0.386. The van der Waals surface area contributed by atoms with Gasteiger partial charge in [0, 0.05) is 24.7 Å². The highest BCUT2D eigenvalue weighted by Crippen LogP contribution is 2.20. The maximum absolute atomic E-state index is 12.9. The van der Waals surface area contributed by atoms with Crippen molar-refractivity contribution in [1.29, 1.82) is 5.26 Å². The fourth-order valence-electron chi connectivity index (χ4n) is 1.82. The van der Waals surface area contributed by atoms with Crippen LogP contribution in [0.15, 0.2) is 18.2 Å². The van der Waals surface area contributed by atoms with Crippen molar-refractivity contribution in [3.8, 4) is 6.07 Å². The van der Waals surface area contributed by atoms with E-state index in [1.54, 1.807) is 6.07 Å². The lowest BCUT2D eigenvalue weighted by Crippen LogP contribution is -2.41. The van der Waals surface area contributed by atoms with Crippen LogP contribution in [0, 0.1) is 17.1 Å². The summed E-state index contributed by atoms with van der Waals surface area (Å²) in [6, 6.07) is 6.46. The highest BCUT2D eigenvalue weighted by molar-refractivity contribution is 6.31. The van der Waals surface area contributed by atoms with E-state index in [2.05, 4.69) is 11.0 Å². The maximum Gasteiger partial charge on any atom is 0.156 e. The van der Waals surface area contributed by atoms with Gasteiger partial charge in [-0.15, -0.1) is 0 Å². The molecule has 1 aliphatic heterocycles. The molecule has 17 heavy (non-hydrogen) atoms. The van der Waals surface area contributed by atoms with Gasteiger partial charge in [0.1, 0.15) is 5.82 Å². The van der Waals surface area contributed by atoms with Gasteiger partial charge in [0.05, 0.1) is 12.7 Å². The van der Waals surface area contributed by atoms with Crippen LogP contribution in [0.4, 0.5) is 4.39 Å². The Hall–Kier alpha value is -1.15. The zero-order valence-corrected chi connectivity index (χ0v) is 9.95. The third-order valence-electron chi connectivity index (χ3n) is 2.70. The van der Waals surface area contributed by atoms with Crippen molar-refractivity contribution >= 4 is 11.6 Å². The summed E-state index contributed by atoms with van der Waals surface area (Å²) in [6.45, 7) is 2.47. The fraction of sp³-hybridized carbons (Fsp3) is 0.417. The lowest BCUT2D eigenvalue weighted by Gasteiger charge is -2.29. The monoisotopic (exact) mass is 254 g/mol. The molecule has 1 aliphatic rings. The SMILES string of the molecule is N#CC1CN(Cc2ccc(F)cc2Cl)CCO1. The van der Waals surface area contributed by atoms with Crippen molar-refractivity contribution in [2.24, 2.45) is 0 Å². The molecular formula is C12H12ClFN2O. The molecule has 1 aromatic carbocycles. The molecule has 0 bridgehead atoms. The lowest BCUT2D eigenvalue weighted by molar-refractivity contribution is -0.00269. The molecule has 3 nitrogen and oxygen atoms in total. The number of ether oxygens (including phenoxy) is 1. The van der Waals surface area contributed by atoms with Crippen molar-refractivity contribution in [2.75, 3.05) is 19.7 Å². The van der Waals surface area contributed by atoms with Crippen LogP contribution >= 0.6 is 11.6 Å². The predicted octanol–water partition coefficient (Wildman–Crippen LogP) is 2.20. The third-order valence-corrected chi connectivity index (χ3v) is 3.06. The largest absolute Gasteiger partial charge is 0.361 e. The molecule has 0 spiro atoms. The minimum Gasteiger partial charge on any atom is -0.361 e. The van der Waals surface area contributed by atoms with Gasteiger partial charge in [0.25, 0.3) is 0 Å². The predicted molar refractivity (Wildman–Crippen MR) is 62.0 cm³/mol. The molecule has 1 saturated heterocycles. The second-order valence-electron chi connectivity index (χ2n) is 3.96. The minimum absolute atomic E-state index is 0.337. The third kappa shape index (κ3) is 3.16. The first kappa shape index (κ1) is 12.3. The molecule has 5 heteroatoms. The quantitative estimate of drug-likeness (QED) is 0.812. The van der Waals surface area contributed by atoms with Gasteiger partial charge < -0.3 is 4.74 Å². The number of nitriles is 1. The maximum atomic E-state index is 12.9. The van der Waals surface area contributed by atoms with Gasteiger partial charge in [0.15, 0.2) is 6.10 Å². The number of halogens is 2. The first-order valence-electron chi connectivity index (χ1n) is 5.36. The Balaban J connectivity index is 2.03. The van der Waals surface area contributed by atoms with E-state index in [9.17, 15) is 4.39 Å². The van der Waals surface area contributed by atoms with E-state index in [1.807, 2.05) is 0 Å². The molecule has 1 atom stereocenters. The molecule has 1 heterocycles. The Morgan fingerprint density at radius 3 is 3.12 bits per heavy atom. The summed E-state index contributed by atoms with van der Waals surface area (Å²) in [5.74, 6) is -0.337. The zero-order valence-electron chi connectivity index (χ0n) is 9.20. The first-order chi connectivity index (χ1) is 8.19. The molecule has 2 rings (SSSR count). The molecule has 0 aliphatic carbocycles. The first-order valence-corrected chi connectivity index (χ1v) is 5.74.